The molecule has 3 heterocycles. The summed E-state index contributed by atoms with van der Waals surface area (Å²) in [6, 6.07) is 0. The number of epoxide rings is 1. The minimum absolute atomic E-state index is 0.113. The lowest BCUT2D eigenvalue weighted by Gasteiger charge is -2.12. The molecule has 1 unspecified atom stereocenters. The molecule has 14 heavy (non-hydrogen) atoms. The van der Waals surface area contributed by atoms with Crippen molar-refractivity contribution in [2.45, 2.75) is 13.0 Å². The number of carbonyl (C=O) groups is 1. The summed E-state index contributed by atoms with van der Waals surface area (Å²) in [5.74, 6) is 0.375. The number of carbonyl (C=O) groups excluding carboxylic acids is 1. The fraction of sp³-hybridized carbons (Fsp3) is 0.400. The second-order valence-corrected chi connectivity index (χ2v) is 5.54. The van der Waals surface area contributed by atoms with Gasteiger partial charge in [-0.1, -0.05) is 6.08 Å². The molecule has 0 radical (unpaired) electrons. The van der Waals surface area contributed by atoms with Crippen molar-refractivity contribution in [1.29, 1.82) is 0 Å². The monoisotopic (exact) mass is 210 g/mol. The Kier molecular flexibility index (Phi) is 1.69. The first-order valence-electron chi connectivity index (χ1n) is 4.53. The molecule has 3 nitrogen and oxygen atoms in total. The van der Waals surface area contributed by atoms with E-state index in [9.17, 15) is 4.79 Å². The van der Waals surface area contributed by atoms with Crippen LogP contribution in [0, 0.1) is 0 Å². The molecule has 3 rings (SSSR count). The van der Waals surface area contributed by atoms with Crippen molar-refractivity contribution < 1.29 is 14.3 Å². The summed E-state index contributed by atoms with van der Waals surface area (Å²) in [5.41, 5.74) is 1.25. The molecular formula is C10H10O3S. The third kappa shape index (κ3) is 1.11. The van der Waals surface area contributed by atoms with Gasteiger partial charge in [-0.25, -0.2) is 4.79 Å². The van der Waals surface area contributed by atoms with Gasteiger partial charge in [0, 0.05) is 0 Å². The van der Waals surface area contributed by atoms with E-state index in [-0.39, 0.29) is 22.6 Å². The zero-order valence-corrected chi connectivity index (χ0v) is 8.60. The molecule has 0 spiro atoms. The molecule has 3 aliphatic rings. The lowest BCUT2D eigenvalue weighted by Crippen LogP contribution is -2.08. The van der Waals surface area contributed by atoms with Gasteiger partial charge >= 0.3 is 5.97 Å². The Labute approximate surface area is 84.3 Å². The Morgan fingerprint density at radius 2 is 2.29 bits per heavy atom. The molecule has 4 heteroatoms. The predicted molar refractivity (Wildman–Crippen MR) is 55.1 cm³/mol. The Morgan fingerprint density at radius 3 is 3.00 bits per heavy atom. The minimum atomic E-state index is -0.153. The summed E-state index contributed by atoms with van der Waals surface area (Å²) >= 11 is 0. The normalized spacial score (nSPS) is 34.6. The number of cyclic esters (lactones) is 1. The molecule has 2 fully saturated rings. The van der Waals surface area contributed by atoms with Crippen LogP contribution in [-0.2, 0) is 14.3 Å². The molecule has 0 bridgehead atoms. The SMILES string of the molecule is CC1=S2COC(=O)C2=CC=C1[C@@H]1CO1. The fourth-order valence-corrected chi connectivity index (χ4v) is 3.57. The van der Waals surface area contributed by atoms with E-state index in [2.05, 4.69) is 6.92 Å². The number of esters is 1. The summed E-state index contributed by atoms with van der Waals surface area (Å²) in [5, 5.41) is 0. The van der Waals surface area contributed by atoms with Crippen molar-refractivity contribution in [3.8, 4) is 0 Å². The van der Waals surface area contributed by atoms with Crippen LogP contribution in [0.2, 0.25) is 0 Å². The van der Waals surface area contributed by atoms with Gasteiger partial charge in [0.2, 0.25) is 0 Å². The van der Waals surface area contributed by atoms with Gasteiger partial charge in [0.05, 0.1) is 11.5 Å². The van der Waals surface area contributed by atoms with Crippen LogP contribution in [0.3, 0.4) is 0 Å². The highest BCUT2D eigenvalue weighted by molar-refractivity contribution is 8.20. The molecule has 2 atom stereocenters. The topological polar surface area (TPSA) is 38.8 Å². The first-order valence-corrected chi connectivity index (χ1v) is 5.92. The number of hydrogen-bond donors (Lipinski definition) is 0. The molecule has 0 aromatic carbocycles. The standard InChI is InChI=1S/C10H10O3S/c1-6-7(8-4-12-8)2-3-9-10(11)13-5-14(6)9/h2-3,8H,4-5H2,1H3/t8-,14?/m0/s1. The van der Waals surface area contributed by atoms with Crippen LogP contribution < -0.4 is 0 Å². The number of fused-ring (bicyclic) bond motifs is 1. The van der Waals surface area contributed by atoms with E-state index < -0.39 is 0 Å². The maximum Gasteiger partial charge on any atom is 0.345 e. The Bertz CT molecular complexity index is 413. The minimum Gasteiger partial charge on any atom is -0.451 e. The van der Waals surface area contributed by atoms with E-state index in [4.69, 9.17) is 9.47 Å². The van der Waals surface area contributed by atoms with Crippen molar-refractivity contribution in [2.75, 3.05) is 12.5 Å². The van der Waals surface area contributed by atoms with E-state index in [1.807, 2.05) is 12.2 Å². The van der Waals surface area contributed by atoms with E-state index in [0.29, 0.717) is 5.94 Å². The maximum absolute atomic E-state index is 11.3. The van der Waals surface area contributed by atoms with Gasteiger partial charge in [0.1, 0.15) is 12.0 Å². The van der Waals surface area contributed by atoms with Crippen molar-refractivity contribution >= 4 is 21.3 Å². The van der Waals surface area contributed by atoms with Gasteiger partial charge in [-0.2, -0.15) is 0 Å². The van der Waals surface area contributed by atoms with Crippen LogP contribution in [-0.4, -0.2) is 29.5 Å². The molecule has 0 aromatic rings. The van der Waals surface area contributed by atoms with E-state index in [1.54, 1.807) is 0 Å². The van der Waals surface area contributed by atoms with Crippen molar-refractivity contribution in [3.05, 3.63) is 22.6 Å². The molecule has 3 aliphatic heterocycles. The van der Waals surface area contributed by atoms with Crippen molar-refractivity contribution in [1.82, 2.24) is 0 Å². The van der Waals surface area contributed by atoms with E-state index >= 15 is 0 Å². The number of allylic oxidation sites excluding steroid dienone is 2. The summed E-state index contributed by atoms with van der Waals surface area (Å²) in [6.07, 6.45) is 4.16. The third-order valence-corrected chi connectivity index (χ3v) is 4.81. The van der Waals surface area contributed by atoms with Gasteiger partial charge < -0.3 is 9.47 Å². The highest BCUT2D eigenvalue weighted by atomic mass is 32.2. The molecule has 0 aromatic heterocycles. The second-order valence-electron chi connectivity index (χ2n) is 3.47. The fourth-order valence-electron chi connectivity index (χ4n) is 1.74. The molecule has 74 valence electrons. The van der Waals surface area contributed by atoms with Crippen LogP contribution in [0.1, 0.15) is 6.92 Å². The third-order valence-electron chi connectivity index (χ3n) is 2.65. The highest BCUT2D eigenvalue weighted by Crippen LogP contribution is 2.40. The first kappa shape index (κ1) is 8.44. The Morgan fingerprint density at radius 1 is 1.50 bits per heavy atom. The Balaban J connectivity index is 2.08. The summed E-state index contributed by atoms with van der Waals surface area (Å²) in [7, 11) is -0.113. The smallest absolute Gasteiger partial charge is 0.345 e. The first-order chi connectivity index (χ1) is 6.77. The van der Waals surface area contributed by atoms with Crippen molar-refractivity contribution in [3.63, 3.8) is 0 Å². The summed E-state index contributed by atoms with van der Waals surface area (Å²) in [6.45, 7) is 2.89. The van der Waals surface area contributed by atoms with E-state index in [0.717, 1.165) is 11.5 Å². The second kappa shape index (κ2) is 2.81. The van der Waals surface area contributed by atoms with Gasteiger partial charge in [0.15, 0.2) is 0 Å². The average molecular weight is 210 g/mol. The molecule has 0 saturated carbocycles. The van der Waals surface area contributed by atoms with E-state index in [1.165, 1.54) is 10.4 Å². The number of ether oxygens (including phenoxy) is 2. The zero-order chi connectivity index (χ0) is 9.71. The summed E-state index contributed by atoms with van der Waals surface area (Å²) in [4.78, 5) is 13.4. The molecule has 0 amide bonds. The number of rotatable bonds is 1. The summed E-state index contributed by atoms with van der Waals surface area (Å²) < 4.78 is 10.3. The lowest BCUT2D eigenvalue weighted by atomic mass is 10.1. The van der Waals surface area contributed by atoms with Crippen LogP contribution in [0.5, 0.6) is 0 Å². The lowest BCUT2D eigenvalue weighted by molar-refractivity contribution is -0.134. The molecule has 0 aliphatic carbocycles. The predicted octanol–water partition coefficient (Wildman–Crippen LogP) is 1.18. The molecule has 2 saturated heterocycles. The maximum atomic E-state index is 11.3. The van der Waals surface area contributed by atoms with Crippen LogP contribution >= 0.6 is 10.5 Å². The Hall–Kier alpha value is -0.870. The van der Waals surface area contributed by atoms with Crippen LogP contribution in [0.15, 0.2) is 22.6 Å². The average Bonchev–Trinajstić information content (AvgIpc) is 2.93. The van der Waals surface area contributed by atoms with Gasteiger partial charge in [0.25, 0.3) is 0 Å². The van der Waals surface area contributed by atoms with Gasteiger partial charge in [-0.05, 0) is 23.4 Å². The van der Waals surface area contributed by atoms with Crippen LogP contribution in [0.25, 0.3) is 0 Å². The largest absolute Gasteiger partial charge is 0.451 e. The van der Waals surface area contributed by atoms with Crippen LogP contribution in [0.4, 0.5) is 0 Å². The zero-order valence-electron chi connectivity index (χ0n) is 7.78. The van der Waals surface area contributed by atoms with Crippen molar-refractivity contribution in [2.24, 2.45) is 0 Å². The quantitative estimate of drug-likeness (QED) is 0.370. The number of hydrogen-bond acceptors (Lipinski definition) is 3. The van der Waals surface area contributed by atoms with Gasteiger partial charge in [-0.3, -0.25) is 0 Å². The van der Waals surface area contributed by atoms with Gasteiger partial charge in [-0.15, -0.1) is 10.5 Å². The molecule has 0 N–H and O–H groups in total. The molecular weight excluding hydrogens is 200 g/mol. The highest BCUT2D eigenvalue weighted by Gasteiger charge is 2.34.